The molecule has 32 heavy (non-hydrogen) atoms. The molecule has 0 amide bonds. The Balaban J connectivity index is 1.44. The van der Waals surface area contributed by atoms with E-state index >= 15 is 0 Å². The summed E-state index contributed by atoms with van der Waals surface area (Å²) >= 11 is 6.92. The van der Waals surface area contributed by atoms with Gasteiger partial charge in [0.2, 0.25) is 11.8 Å². The highest BCUT2D eigenvalue weighted by atomic mass is 32.2. The van der Waals surface area contributed by atoms with Crippen LogP contribution in [0, 0.1) is 0 Å². The first-order valence-electron chi connectivity index (χ1n) is 10.7. The molecule has 9 heteroatoms. The quantitative estimate of drug-likeness (QED) is 0.294. The molecule has 0 atom stereocenters. The standard InChI is InChI=1S/C23H26N6OS2/c1-30-18-15-19(32-22-24-13-8-14-25-22)28-20(27-18)29-21(31)26-16-23(11-6-3-7-12-23)17-9-4-2-5-10-17/h2,4-5,8-10,13-15H,3,6-7,11-12,16H2,1H3,(H2,26,27,28,29,31). The van der Waals surface area contributed by atoms with Crippen LogP contribution in [0.4, 0.5) is 5.95 Å². The molecule has 0 spiro atoms. The fourth-order valence-electron chi connectivity index (χ4n) is 4.03. The fourth-order valence-corrected chi connectivity index (χ4v) is 4.90. The van der Waals surface area contributed by atoms with E-state index in [1.165, 1.54) is 36.6 Å². The van der Waals surface area contributed by atoms with Gasteiger partial charge in [-0.2, -0.15) is 4.98 Å². The van der Waals surface area contributed by atoms with Gasteiger partial charge in [0.25, 0.3) is 0 Å². The van der Waals surface area contributed by atoms with Crippen molar-refractivity contribution < 1.29 is 4.74 Å². The lowest BCUT2D eigenvalue weighted by molar-refractivity contribution is 0.292. The van der Waals surface area contributed by atoms with Gasteiger partial charge in [0.05, 0.1) is 7.11 Å². The van der Waals surface area contributed by atoms with Crippen molar-refractivity contribution in [2.45, 2.75) is 47.7 Å². The molecule has 1 aromatic carbocycles. The molecule has 0 unspecified atom stereocenters. The van der Waals surface area contributed by atoms with E-state index in [1.54, 1.807) is 31.6 Å². The Bertz CT molecular complexity index is 1030. The van der Waals surface area contributed by atoms with Gasteiger partial charge in [0.15, 0.2) is 10.3 Å². The van der Waals surface area contributed by atoms with Gasteiger partial charge in [-0.25, -0.2) is 15.0 Å². The molecule has 4 rings (SSSR count). The molecule has 1 fully saturated rings. The third kappa shape index (κ3) is 5.72. The maximum Gasteiger partial charge on any atom is 0.233 e. The van der Waals surface area contributed by atoms with E-state index in [9.17, 15) is 0 Å². The van der Waals surface area contributed by atoms with Crippen LogP contribution < -0.4 is 15.4 Å². The Morgan fingerprint density at radius 3 is 2.53 bits per heavy atom. The lowest BCUT2D eigenvalue weighted by Crippen LogP contribution is -2.43. The number of anilines is 1. The minimum atomic E-state index is 0.0894. The van der Waals surface area contributed by atoms with Crippen molar-refractivity contribution in [1.29, 1.82) is 0 Å². The zero-order valence-corrected chi connectivity index (χ0v) is 19.6. The third-order valence-electron chi connectivity index (χ3n) is 5.64. The van der Waals surface area contributed by atoms with Crippen LogP contribution in [-0.2, 0) is 5.41 Å². The zero-order chi connectivity index (χ0) is 22.2. The van der Waals surface area contributed by atoms with Gasteiger partial charge >= 0.3 is 0 Å². The molecule has 1 saturated carbocycles. The summed E-state index contributed by atoms with van der Waals surface area (Å²) in [7, 11) is 1.57. The molecule has 0 aliphatic heterocycles. The van der Waals surface area contributed by atoms with E-state index in [0.717, 1.165) is 19.4 Å². The second kappa shape index (κ2) is 10.7. The van der Waals surface area contributed by atoms with Crippen LogP contribution in [0.25, 0.3) is 0 Å². The van der Waals surface area contributed by atoms with Crippen molar-refractivity contribution >= 4 is 35.0 Å². The summed E-state index contributed by atoms with van der Waals surface area (Å²) in [5.74, 6) is 0.814. The Hall–Kier alpha value is -2.78. The lowest BCUT2D eigenvalue weighted by atomic mass is 9.69. The number of hydrogen-bond donors (Lipinski definition) is 2. The molecule has 3 aromatic rings. The Kier molecular flexibility index (Phi) is 7.49. The predicted octanol–water partition coefficient (Wildman–Crippen LogP) is 4.61. The highest BCUT2D eigenvalue weighted by Gasteiger charge is 2.33. The molecule has 1 aliphatic carbocycles. The molecule has 2 heterocycles. The molecule has 1 aliphatic rings. The average molecular weight is 467 g/mol. The number of rotatable bonds is 7. The maximum absolute atomic E-state index is 5.58. The van der Waals surface area contributed by atoms with Crippen molar-refractivity contribution in [3.8, 4) is 5.88 Å². The van der Waals surface area contributed by atoms with Gasteiger partial charge in [0, 0.05) is 30.4 Å². The minimum absolute atomic E-state index is 0.0894. The first kappa shape index (κ1) is 22.4. The summed E-state index contributed by atoms with van der Waals surface area (Å²) < 4.78 is 5.33. The summed E-state index contributed by atoms with van der Waals surface area (Å²) in [6, 6.07) is 14.3. The summed E-state index contributed by atoms with van der Waals surface area (Å²) in [6.45, 7) is 0.770. The van der Waals surface area contributed by atoms with Crippen molar-refractivity contribution in [2.75, 3.05) is 19.0 Å². The molecule has 0 saturated heterocycles. The normalized spacial score (nSPS) is 15.0. The van der Waals surface area contributed by atoms with Gasteiger partial charge < -0.3 is 15.4 Å². The van der Waals surface area contributed by atoms with Crippen molar-refractivity contribution in [3.63, 3.8) is 0 Å². The third-order valence-corrected chi connectivity index (χ3v) is 6.69. The van der Waals surface area contributed by atoms with Crippen LogP contribution in [0.3, 0.4) is 0 Å². The van der Waals surface area contributed by atoms with Crippen LogP contribution in [0.15, 0.2) is 65.0 Å². The first-order valence-corrected chi connectivity index (χ1v) is 11.9. The van der Waals surface area contributed by atoms with Crippen LogP contribution in [-0.4, -0.2) is 38.7 Å². The van der Waals surface area contributed by atoms with Crippen molar-refractivity contribution in [2.24, 2.45) is 0 Å². The largest absolute Gasteiger partial charge is 0.481 e. The smallest absolute Gasteiger partial charge is 0.233 e. The van der Waals surface area contributed by atoms with Gasteiger partial charge in [-0.1, -0.05) is 49.6 Å². The van der Waals surface area contributed by atoms with Gasteiger partial charge in [-0.3, -0.25) is 0 Å². The Labute approximate surface area is 197 Å². The molecule has 2 aromatic heterocycles. The molecule has 0 bridgehead atoms. The van der Waals surface area contributed by atoms with E-state index in [0.29, 0.717) is 27.1 Å². The molecule has 166 valence electrons. The number of nitrogens with one attached hydrogen (secondary N) is 2. The molecule has 2 N–H and O–H groups in total. The van der Waals surface area contributed by atoms with E-state index in [4.69, 9.17) is 17.0 Å². The lowest BCUT2D eigenvalue weighted by Gasteiger charge is -2.38. The topological polar surface area (TPSA) is 84.9 Å². The number of nitrogens with zero attached hydrogens (tertiary/aromatic N) is 4. The number of thiocarbonyl (C=S) groups is 1. The molecular formula is C23H26N6OS2. The molecule has 0 radical (unpaired) electrons. The highest BCUT2D eigenvalue weighted by molar-refractivity contribution is 7.99. The second-order valence-electron chi connectivity index (χ2n) is 7.72. The molecular weight excluding hydrogens is 440 g/mol. The van der Waals surface area contributed by atoms with E-state index < -0.39 is 0 Å². The van der Waals surface area contributed by atoms with Crippen LogP contribution >= 0.6 is 24.0 Å². The van der Waals surface area contributed by atoms with Crippen molar-refractivity contribution in [3.05, 3.63) is 60.4 Å². The monoisotopic (exact) mass is 466 g/mol. The maximum atomic E-state index is 5.58. The zero-order valence-electron chi connectivity index (χ0n) is 18.0. The van der Waals surface area contributed by atoms with Crippen LogP contribution in [0.5, 0.6) is 5.88 Å². The minimum Gasteiger partial charge on any atom is -0.481 e. The number of hydrogen-bond acceptors (Lipinski definition) is 7. The van der Waals surface area contributed by atoms with Crippen LogP contribution in [0.1, 0.15) is 37.7 Å². The van der Waals surface area contributed by atoms with E-state index in [1.807, 2.05) is 0 Å². The first-order chi connectivity index (χ1) is 15.7. The summed E-state index contributed by atoms with van der Waals surface area (Å²) in [5.41, 5.74) is 1.46. The van der Waals surface area contributed by atoms with Crippen molar-refractivity contribution in [1.82, 2.24) is 25.3 Å². The van der Waals surface area contributed by atoms with E-state index in [-0.39, 0.29) is 5.41 Å². The summed E-state index contributed by atoms with van der Waals surface area (Å²) in [6.07, 6.45) is 9.45. The number of benzene rings is 1. The second-order valence-corrected chi connectivity index (χ2v) is 9.12. The van der Waals surface area contributed by atoms with Gasteiger partial charge in [0.1, 0.15) is 5.03 Å². The fraction of sp³-hybridized carbons (Fsp3) is 0.348. The number of methoxy groups -OCH3 is 1. The van der Waals surface area contributed by atoms with E-state index in [2.05, 4.69) is 60.9 Å². The molecule has 7 nitrogen and oxygen atoms in total. The number of aromatic nitrogens is 4. The van der Waals surface area contributed by atoms with Crippen LogP contribution in [0.2, 0.25) is 0 Å². The number of ether oxygens (including phenoxy) is 1. The SMILES string of the molecule is COc1cc(Sc2ncccn2)nc(NC(=S)NCC2(c3ccccc3)CCCCC2)n1. The van der Waals surface area contributed by atoms with Gasteiger partial charge in [-0.05, 0) is 48.5 Å². The predicted molar refractivity (Wildman–Crippen MR) is 130 cm³/mol. The van der Waals surface area contributed by atoms with Gasteiger partial charge in [-0.15, -0.1) is 0 Å². The summed E-state index contributed by atoms with van der Waals surface area (Å²) in [4.78, 5) is 17.4. The summed E-state index contributed by atoms with van der Waals surface area (Å²) in [5, 5.41) is 8.29. The average Bonchev–Trinajstić information content (AvgIpc) is 2.84. The Morgan fingerprint density at radius 2 is 1.81 bits per heavy atom. The Morgan fingerprint density at radius 1 is 1.06 bits per heavy atom. The highest BCUT2D eigenvalue weighted by Crippen LogP contribution is 2.39.